The van der Waals surface area contributed by atoms with Crippen LogP contribution in [0.5, 0.6) is 0 Å². The molecule has 0 aliphatic carbocycles. The second-order valence-corrected chi connectivity index (χ2v) is 8.04. The Kier molecular flexibility index (Phi) is 5.26. The van der Waals surface area contributed by atoms with Crippen molar-refractivity contribution in [1.82, 2.24) is 19.7 Å². The number of ether oxygens (including phenoxy) is 1. The summed E-state index contributed by atoms with van der Waals surface area (Å²) in [5.41, 5.74) is 5.10. The van der Waals surface area contributed by atoms with Gasteiger partial charge in [0.25, 0.3) is 0 Å². The summed E-state index contributed by atoms with van der Waals surface area (Å²) >= 11 is 0. The van der Waals surface area contributed by atoms with E-state index in [1.807, 2.05) is 41.2 Å². The number of para-hydroxylation sites is 1. The van der Waals surface area contributed by atoms with E-state index in [4.69, 9.17) is 14.7 Å². The molecule has 1 fully saturated rings. The molecule has 1 aliphatic heterocycles. The number of hydrogen-bond acceptors (Lipinski definition) is 6. The highest BCUT2D eigenvalue weighted by Gasteiger charge is 2.18. The van der Waals surface area contributed by atoms with Crippen molar-refractivity contribution in [3.05, 3.63) is 65.9 Å². The number of aromatic nitrogens is 4. The predicted octanol–water partition coefficient (Wildman–Crippen LogP) is 4.77. The summed E-state index contributed by atoms with van der Waals surface area (Å²) in [5.74, 6) is 1.29. The van der Waals surface area contributed by atoms with Crippen LogP contribution in [0.1, 0.15) is 24.0 Å². The average Bonchev–Trinajstić information content (AvgIpc) is 3.42. The number of rotatable bonds is 6. The highest BCUT2D eigenvalue weighted by atomic mass is 16.5. The van der Waals surface area contributed by atoms with E-state index in [1.54, 1.807) is 0 Å². The molecule has 3 heterocycles. The molecular formula is C24H26N6O. The van der Waals surface area contributed by atoms with Gasteiger partial charge in [0.05, 0.1) is 23.4 Å². The SMILES string of the molecule is Cc1cc(C)cc(Nc2nc(NCC3CCCO3)nc3c2cnn3-c2ccccc2)c1. The molecule has 0 saturated carbocycles. The topological polar surface area (TPSA) is 76.9 Å². The predicted molar refractivity (Wildman–Crippen MR) is 123 cm³/mol. The molecule has 7 heteroatoms. The Morgan fingerprint density at radius 1 is 1.06 bits per heavy atom. The quantitative estimate of drug-likeness (QED) is 0.473. The van der Waals surface area contributed by atoms with Gasteiger partial charge in [0, 0.05) is 18.8 Å². The van der Waals surface area contributed by atoms with Crippen molar-refractivity contribution in [2.45, 2.75) is 32.8 Å². The molecular weight excluding hydrogens is 388 g/mol. The zero-order valence-electron chi connectivity index (χ0n) is 17.8. The molecule has 2 N–H and O–H groups in total. The molecule has 2 aromatic carbocycles. The summed E-state index contributed by atoms with van der Waals surface area (Å²) < 4.78 is 7.59. The minimum absolute atomic E-state index is 0.203. The molecule has 0 bridgehead atoms. The van der Waals surface area contributed by atoms with E-state index in [9.17, 15) is 0 Å². The van der Waals surface area contributed by atoms with E-state index in [1.165, 1.54) is 11.1 Å². The largest absolute Gasteiger partial charge is 0.376 e. The van der Waals surface area contributed by atoms with Crippen LogP contribution in [0.4, 0.5) is 17.5 Å². The van der Waals surface area contributed by atoms with Crippen LogP contribution in [0.3, 0.4) is 0 Å². The summed E-state index contributed by atoms with van der Waals surface area (Å²) in [6.45, 7) is 5.70. The molecule has 31 heavy (non-hydrogen) atoms. The number of nitrogens with one attached hydrogen (secondary N) is 2. The van der Waals surface area contributed by atoms with E-state index < -0.39 is 0 Å². The number of nitrogens with zero attached hydrogens (tertiary/aromatic N) is 4. The second-order valence-electron chi connectivity index (χ2n) is 8.04. The molecule has 1 aliphatic rings. The van der Waals surface area contributed by atoms with Crippen LogP contribution >= 0.6 is 0 Å². The summed E-state index contributed by atoms with van der Waals surface area (Å²) in [5, 5.41) is 12.3. The third kappa shape index (κ3) is 4.22. The van der Waals surface area contributed by atoms with Gasteiger partial charge in [-0.2, -0.15) is 15.1 Å². The smallest absolute Gasteiger partial charge is 0.226 e. The second kappa shape index (κ2) is 8.35. The summed E-state index contributed by atoms with van der Waals surface area (Å²) in [6, 6.07) is 16.4. The van der Waals surface area contributed by atoms with Gasteiger partial charge >= 0.3 is 0 Å². The fourth-order valence-electron chi connectivity index (χ4n) is 4.03. The lowest BCUT2D eigenvalue weighted by Gasteiger charge is -2.14. The number of anilines is 3. The minimum atomic E-state index is 0.203. The number of fused-ring (bicyclic) bond motifs is 1. The lowest BCUT2D eigenvalue weighted by molar-refractivity contribution is 0.120. The Morgan fingerprint density at radius 2 is 1.87 bits per heavy atom. The number of benzene rings is 2. The van der Waals surface area contributed by atoms with Crippen LogP contribution in [0.15, 0.2) is 54.7 Å². The summed E-state index contributed by atoms with van der Waals surface area (Å²) in [4.78, 5) is 9.57. The van der Waals surface area contributed by atoms with Gasteiger partial charge in [0.15, 0.2) is 5.65 Å². The lowest BCUT2D eigenvalue weighted by Crippen LogP contribution is -2.20. The Labute approximate surface area is 181 Å². The average molecular weight is 415 g/mol. The molecule has 0 amide bonds. The summed E-state index contributed by atoms with van der Waals surface area (Å²) in [6.07, 6.45) is 4.18. The molecule has 1 unspecified atom stereocenters. The van der Waals surface area contributed by atoms with E-state index >= 15 is 0 Å². The van der Waals surface area contributed by atoms with Gasteiger partial charge in [-0.1, -0.05) is 24.3 Å². The Morgan fingerprint density at radius 3 is 2.61 bits per heavy atom. The van der Waals surface area contributed by atoms with E-state index in [0.29, 0.717) is 12.5 Å². The van der Waals surface area contributed by atoms with Crippen LogP contribution in [-0.2, 0) is 4.74 Å². The maximum atomic E-state index is 5.74. The molecule has 5 rings (SSSR count). The van der Waals surface area contributed by atoms with Crippen LogP contribution in [-0.4, -0.2) is 39.0 Å². The third-order valence-electron chi connectivity index (χ3n) is 5.43. The van der Waals surface area contributed by atoms with Gasteiger partial charge < -0.3 is 15.4 Å². The minimum Gasteiger partial charge on any atom is -0.376 e. The van der Waals surface area contributed by atoms with E-state index in [2.05, 4.69) is 47.8 Å². The van der Waals surface area contributed by atoms with Gasteiger partial charge in [0.2, 0.25) is 5.95 Å². The van der Waals surface area contributed by atoms with E-state index in [-0.39, 0.29) is 6.10 Å². The van der Waals surface area contributed by atoms with Crippen molar-refractivity contribution in [1.29, 1.82) is 0 Å². The van der Waals surface area contributed by atoms with Crippen molar-refractivity contribution < 1.29 is 4.74 Å². The third-order valence-corrected chi connectivity index (χ3v) is 5.43. The molecule has 1 atom stereocenters. The Hall–Kier alpha value is -3.45. The fourth-order valence-corrected chi connectivity index (χ4v) is 4.03. The first-order valence-corrected chi connectivity index (χ1v) is 10.7. The van der Waals surface area contributed by atoms with Crippen LogP contribution in [0, 0.1) is 13.8 Å². The normalized spacial score (nSPS) is 16.0. The maximum absolute atomic E-state index is 5.74. The Balaban J connectivity index is 1.55. The van der Waals surface area contributed by atoms with Crippen molar-refractivity contribution in [2.75, 3.05) is 23.8 Å². The highest BCUT2D eigenvalue weighted by molar-refractivity contribution is 5.90. The zero-order chi connectivity index (χ0) is 21.2. The highest BCUT2D eigenvalue weighted by Crippen LogP contribution is 2.28. The molecule has 2 aromatic heterocycles. The van der Waals surface area contributed by atoms with Crippen LogP contribution in [0.25, 0.3) is 16.7 Å². The first-order chi connectivity index (χ1) is 15.2. The fraction of sp³-hybridized carbons (Fsp3) is 0.292. The molecule has 4 aromatic rings. The first kappa shape index (κ1) is 19.5. The van der Waals surface area contributed by atoms with Gasteiger partial charge in [-0.05, 0) is 62.1 Å². The van der Waals surface area contributed by atoms with E-state index in [0.717, 1.165) is 47.7 Å². The van der Waals surface area contributed by atoms with Crippen LogP contribution in [0.2, 0.25) is 0 Å². The first-order valence-electron chi connectivity index (χ1n) is 10.7. The molecule has 1 saturated heterocycles. The molecule has 7 nitrogen and oxygen atoms in total. The maximum Gasteiger partial charge on any atom is 0.226 e. The number of hydrogen-bond donors (Lipinski definition) is 2. The van der Waals surface area contributed by atoms with Crippen molar-refractivity contribution in [3.8, 4) is 5.69 Å². The monoisotopic (exact) mass is 414 g/mol. The number of aryl methyl sites for hydroxylation is 2. The standard InChI is InChI=1S/C24H26N6O/c1-16-11-17(2)13-18(12-16)27-22-21-15-26-30(19-7-4-3-5-8-19)23(21)29-24(28-22)25-14-20-9-6-10-31-20/h3-5,7-8,11-13,15,20H,6,9-10,14H2,1-2H3,(H2,25,27,28,29). The van der Waals surface area contributed by atoms with Crippen molar-refractivity contribution >= 4 is 28.5 Å². The van der Waals surface area contributed by atoms with Crippen LogP contribution < -0.4 is 10.6 Å². The Bertz CT molecular complexity index is 1180. The summed E-state index contributed by atoms with van der Waals surface area (Å²) in [7, 11) is 0. The zero-order valence-corrected chi connectivity index (χ0v) is 17.8. The lowest BCUT2D eigenvalue weighted by atomic mass is 10.1. The van der Waals surface area contributed by atoms with Crippen molar-refractivity contribution in [3.63, 3.8) is 0 Å². The molecule has 0 spiro atoms. The van der Waals surface area contributed by atoms with Crippen molar-refractivity contribution in [2.24, 2.45) is 0 Å². The van der Waals surface area contributed by atoms with Gasteiger partial charge in [-0.25, -0.2) is 4.68 Å². The van der Waals surface area contributed by atoms with Gasteiger partial charge in [-0.3, -0.25) is 0 Å². The molecule has 158 valence electrons. The molecule has 0 radical (unpaired) electrons. The van der Waals surface area contributed by atoms with Gasteiger partial charge in [0.1, 0.15) is 5.82 Å². The van der Waals surface area contributed by atoms with Gasteiger partial charge in [-0.15, -0.1) is 0 Å².